The summed E-state index contributed by atoms with van der Waals surface area (Å²) in [7, 11) is 0. The van der Waals surface area contributed by atoms with Crippen LogP contribution in [-0.2, 0) is 6.18 Å². The Morgan fingerprint density at radius 3 is 2.42 bits per heavy atom. The van der Waals surface area contributed by atoms with Crippen molar-refractivity contribution in [3.8, 4) is 5.69 Å². The smallest absolute Gasteiger partial charge is 0.436 e. The van der Waals surface area contributed by atoms with Gasteiger partial charge in [-0.1, -0.05) is 29.8 Å². The van der Waals surface area contributed by atoms with Crippen LogP contribution in [0.2, 0.25) is 5.02 Å². The number of rotatable bonds is 3. The van der Waals surface area contributed by atoms with Gasteiger partial charge in [0.2, 0.25) is 11.2 Å². The number of carbonyl (C=O) groups is 1. The lowest BCUT2D eigenvalue weighted by Crippen LogP contribution is -2.17. The van der Waals surface area contributed by atoms with Gasteiger partial charge < -0.3 is 9.73 Å². The molecule has 1 aromatic carbocycles. The van der Waals surface area contributed by atoms with E-state index in [-0.39, 0.29) is 34.2 Å². The first kappa shape index (κ1) is 20.9. The molecule has 1 amide bonds. The molecule has 4 aromatic rings. The Bertz CT molecular complexity index is 1310. The van der Waals surface area contributed by atoms with Crippen LogP contribution in [0.1, 0.15) is 33.3 Å². The number of aromatic nitrogens is 4. The molecule has 0 spiro atoms. The van der Waals surface area contributed by atoms with Crippen LogP contribution >= 0.6 is 11.6 Å². The number of benzene rings is 1. The highest BCUT2D eigenvalue weighted by Gasteiger charge is 2.39. The van der Waals surface area contributed by atoms with E-state index in [4.69, 9.17) is 16.0 Å². The van der Waals surface area contributed by atoms with Crippen molar-refractivity contribution < 1.29 is 22.4 Å². The zero-order valence-electron chi connectivity index (χ0n) is 16.5. The van der Waals surface area contributed by atoms with E-state index in [0.717, 1.165) is 4.68 Å². The van der Waals surface area contributed by atoms with Crippen LogP contribution in [0.4, 0.5) is 18.9 Å². The minimum Gasteiger partial charge on any atom is -0.437 e. The minimum absolute atomic E-state index is 0.0187. The average molecular weight is 450 g/mol. The number of aryl methyl sites for hydroxylation is 2. The molecule has 3 heterocycles. The Morgan fingerprint density at radius 1 is 1.13 bits per heavy atom. The minimum atomic E-state index is -4.76. The fourth-order valence-electron chi connectivity index (χ4n) is 3.15. The van der Waals surface area contributed by atoms with Crippen molar-refractivity contribution in [3.05, 3.63) is 63.9 Å². The van der Waals surface area contributed by atoms with Crippen LogP contribution in [0, 0.1) is 20.8 Å². The van der Waals surface area contributed by atoms with Gasteiger partial charge >= 0.3 is 6.18 Å². The van der Waals surface area contributed by atoms with Gasteiger partial charge in [0.1, 0.15) is 5.69 Å². The van der Waals surface area contributed by atoms with Crippen LogP contribution in [0.3, 0.4) is 0 Å². The second-order valence-electron chi connectivity index (χ2n) is 6.78. The number of hydrogen-bond donors (Lipinski definition) is 1. The number of fused-ring (bicyclic) bond motifs is 1. The number of nitrogens with zero attached hydrogens (tertiary/aromatic N) is 4. The molecule has 0 bridgehead atoms. The number of pyridine rings is 1. The van der Waals surface area contributed by atoms with Crippen molar-refractivity contribution in [1.82, 2.24) is 19.7 Å². The molecule has 3 aromatic heterocycles. The fourth-order valence-corrected chi connectivity index (χ4v) is 3.38. The van der Waals surface area contributed by atoms with Crippen LogP contribution < -0.4 is 5.32 Å². The first-order valence-electron chi connectivity index (χ1n) is 9.04. The third kappa shape index (κ3) is 3.63. The van der Waals surface area contributed by atoms with Crippen LogP contribution in [-0.4, -0.2) is 25.7 Å². The predicted octanol–water partition coefficient (Wildman–Crippen LogP) is 5.26. The van der Waals surface area contributed by atoms with Gasteiger partial charge in [-0.05, 0) is 26.0 Å². The molecule has 0 aliphatic carbocycles. The number of alkyl halides is 3. The summed E-state index contributed by atoms with van der Waals surface area (Å²) in [6.45, 7) is 4.56. The van der Waals surface area contributed by atoms with E-state index in [0.29, 0.717) is 11.3 Å². The quantitative estimate of drug-likeness (QED) is 0.461. The number of amides is 1. The summed E-state index contributed by atoms with van der Waals surface area (Å²) in [6, 6.07) is 8.35. The monoisotopic (exact) mass is 449 g/mol. The third-order valence-electron chi connectivity index (χ3n) is 4.60. The topological polar surface area (TPSA) is 85.8 Å². The van der Waals surface area contributed by atoms with Crippen molar-refractivity contribution in [2.75, 3.05) is 5.32 Å². The maximum atomic E-state index is 13.4. The van der Waals surface area contributed by atoms with Crippen molar-refractivity contribution in [3.63, 3.8) is 0 Å². The highest BCUT2D eigenvalue weighted by Crippen LogP contribution is 2.39. The largest absolute Gasteiger partial charge is 0.437 e. The molecule has 11 heteroatoms. The molecule has 7 nitrogen and oxygen atoms in total. The van der Waals surface area contributed by atoms with Gasteiger partial charge in [-0.25, -0.2) is 9.67 Å². The molecule has 31 heavy (non-hydrogen) atoms. The van der Waals surface area contributed by atoms with Gasteiger partial charge in [-0.15, -0.1) is 0 Å². The first-order valence-corrected chi connectivity index (χ1v) is 9.42. The fraction of sp³-hybridized carbons (Fsp3) is 0.200. The molecular weight excluding hydrogens is 435 g/mol. The molecule has 1 N–H and O–H groups in total. The molecule has 0 saturated heterocycles. The molecule has 0 fully saturated rings. The molecule has 0 aliphatic rings. The number of nitrogens with one attached hydrogen (secondary N) is 1. The average Bonchev–Trinajstić information content (AvgIpc) is 3.22. The van der Waals surface area contributed by atoms with Crippen LogP contribution in [0.15, 0.2) is 34.7 Å². The van der Waals surface area contributed by atoms with E-state index >= 15 is 0 Å². The Labute approximate surface area is 178 Å². The van der Waals surface area contributed by atoms with Gasteiger partial charge in [0.05, 0.1) is 22.1 Å². The maximum absolute atomic E-state index is 13.4. The standard InChI is InChI=1S/C20H15ClF3N5O2/c1-9-14(27-19(30)12-7-5-4-6-8-12)15(16-18(25-9)26-11(3)31-16)29-10(2)13(21)17(28-29)20(22,23)24/h4-8H,1-3H3,(H,27,30). The second-order valence-corrected chi connectivity index (χ2v) is 7.16. The van der Waals surface area contributed by atoms with Crippen LogP contribution in [0.25, 0.3) is 16.9 Å². The first-order chi connectivity index (χ1) is 14.6. The normalized spacial score (nSPS) is 11.8. The third-order valence-corrected chi connectivity index (χ3v) is 5.05. The molecule has 0 radical (unpaired) electrons. The van der Waals surface area contributed by atoms with E-state index in [2.05, 4.69) is 20.4 Å². The lowest BCUT2D eigenvalue weighted by molar-refractivity contribution is -0.141. The zero-order chi connectivity index (χ0) is 22.5. The summed E-state index contributed by atoms with van der Waals surface area (Å²) >= 11 is 5.95. The summed E-state index contributed by atoms with van der Waals surface area (Å²) in [6.07, 6.45) is -4.76. The lowest BCUT2D eigenvalue weighted by Gasteiger charge is -2.15. The SMILES string of the molecule is Cc1nc2nc(C)c(NC(=O)c3ccccc3)c(-n3nc(C(F)(F)F)c(Cl)c3C)c2o1. The van der Waals surface area contributed by atoms with Gasteiger partial charge in [0.15, 0.2) is 11.6 Å². The Balaban J connectivity index is 1.98. The molecule has 4 rings (SSSR count). The molecule has 0 aliphatic heterocycles. The summed E-state index contributed by atoms with van der Waals surface area (Å²) in [4.78, 5) is 21.3. The summed E-state index contributed by atoms with van der Waals surface area (Å²) in [5.74, 6) is -0.226. The molecule has 0 saturated carbocycles. The van der Waals surface area contributed by atoms with Gasteiger partial charge in [-0.2, -0.15) is 23.3 Å². The van der Waals surface area contributed by atoms with E-state index in [9.17, 15) is 18.0 Å². The van der Waals surface area contributed by atoms with Crippen molar-refractivity contribution in [1.29, 1.82) is 0 Å². The predicted molar refractivity (Wildman–Crippen MR) is 108 cm³/mol. The summed E-state index contributed by atoms with van der Waals surface area (Å²) < 4.78 is 46.8. The highest BCUT2D eigenvalue weighted by molar-refractivity contribution is 6.32. The van der Waals surface area contributed by atoms with E-state index in [1.165, 1.54) is 6.92 Å². The number of oxazole rings is 1. The highest BCUT2D eigenvalue weighted by atomic mass is 35.5. The summed E-state index contributed by atoms with van der Waals surface area (Å²) in [5, 5.41) is 5.85. The molecule has 160 valence electrons. The van der Waals surface area contributed by atoms with E-state index < -0.39 is 22.8 Å². The Morgan fingerprint density at radius 2 is 1.81 bits per heavy atom. The molecule has 0 atom stereocenters. The molecule has 0 unspecified atom stereocenters. The second kappa shape index (κ2) is 7.38. The zero-order valence-corrected chi connectivity index (χ0v) is 17.3. The van der Waals surface area contributed by atoms with Crippen molar-refractivity contribution in [2.45, 2.75) is 26.9 Å². The van der Waals surface area contributed by atoms with E-state index in [1.807, 2.05) is 0 Å². The van der Waals surface area contributed by atoms with Crippen molar-refractivity contribution >= 4 is 34.4 Å². The Hall–Kier alpha value is -3.40. The van der Waals surface area contributed by atoms with Gasteiger partial charge in [-0.3, -0.25) is 4.79 Å². The van der Waals surface area contributed by atoms with Crippen molar-refractivity contribution in [2.24, 2.45) is 0 Å². The van der Waals surface area contributed by atoms with E-state index in [1.54, 1.807) is 44.2 Å². The number of anilines is 1. The number of carbonyl (C=O) groups excluding carboxylic acids is 1. The number of halogens is 4. The van der Waals surface area contributed by atoms with Crippen LogP contribution in [0.5, 0.6) is 0 Å². The molecular formula is C20H15ClF3N5O2. The summed E-state index contributed by atoms with van der Waals surface area (Å²) in [5.41, 5.74) is -0.121. The Kier molecular flexibility index (Phi) is 4.97. The lowest BCUT2D eigenvalue weighted by atomic mass is 10.2. The number of hydrogen-bond acceptors (Lipinski definition) is 5. The van der Waals surface area contributed by atoms with Gasteiger partial charge in [0, 0.05) is 12.5 Å². The van der Waals surface area contributed by atoms with Gasteiger partial charge in [0.25, 0.3) is 5.91 Å². The maximum Gasteiger partial charge on any atom is 0.436 e.